The van der Waals surface area contributed by atoms with Crippen molar-refractivity contribution in [2.75, 3.05) is 26.2 Å². The first-order chi connectivity index (χ1) is 9.74. The quantitative estimate of drug-likeness (QED) is 0.798. The summed E-state index contributed by atoms with van der Waals surface area (Å²) in [6, 6.07) is 11.1. The van der Waals surface area contributed by atoms with Crippen LogP contribution in [0.2, 0.25) is 0 Å². The second-order valence-electron chi connectivity index (χ2n) is 5.73. The van der Waals surface area contributed by atoms with Crippen LogP contribution in [0.5, 0.6) is 0 Å². The lowest BCUT2D eigenvalue weighted by molar-refractivity contribution is 0.214. The van der Waals surface area contributed by atoms with Gasteiger partial charge in [-0.1, -0.05) is 54.6 Å². The highest BCUT2D eigenvalue weighted by Crippen LogP contribution is 2.11. The SMILES string of the molecule is C=C(C)CN1CCC(NC/C=C/c2ccccc2)CC1. The van der Waals surface area contributed by atoms with Crippen molar-refractivity contribution in [2.24, 2.45) is 0 Å². The fraction of sp³-hybridized carbons (Fsp3) is 0.444. The van der Waals surface area contributed by atoms with E-state index in [-0.39, 0.29) is 0 Å². The molecule has 2 heteroatoms. The lowest BCUT2D eigenvalue weighted by Gasteiger charge is -2.32. The summed E-state index contributed by atoms with van der Waals surface area (Å²) in [5.41, 5.74) is 2.53. The van der Waals surface area contributed by atoms with Gasteiger partial charge in [0.25, 0.3) is 0 Å². The van der Waals surface area contributed by atoms with Crippen molar-refractivity contribution in [2.45, 2.75) is 25.8 Å². The molecule has 1 saturated heterocycles. The zero-order valence-electron chi connectivity index (χ0n) is 12.5. The van der Waals surface area contributed by atoms with Crippen LogP contribution in [0, 0.1) is 0 Å². The number of benzene rings is 1. The molecule has 1 N–H and O–H groups in total. The molecule has 2 nitrogen and oxygen atoms in total. The van der Waals surface area contributed by atoms with E-state index in [4.69, 9.17) is 0 Å². The Morgan fingerprint density at radius 2 is 2.00 bits per heavy atom. The van der Waals surface area contributed by atoms with E-state index in [9.17, 15) is 0 Å². The number of nitrogens with one attached hydrogen (secondary N) is 1. The third-order valence-corrected chi connectivity index (χ3v) is 3.72. The molecule has 0 aromatic heterocycles. The largest absolute Gasteiger partial charge is 0.310 e. The van der Waals surface area contributed by atoms with Crippen LogP contribution in [0.3, 0.4) is 0 Å². The maximum Gasteiger partial charge on any atom is 0.0187 e. The molecule has 1 fully saturated rings. The van der Waals surface area contributed by atoms with E-state index in [1.54, 1.807) is 0 Å². The number of nitrogens with zero attached hydrogens (tertiary/aromatic N) is 1. The number of piperidine rings is 1. The van der Waals surface area contributed by atoms with Crippen molar-refractivity contribution in [1.82, 2.24) is 10.2 Å². The zero-order valence-corrected chi connectivity index (χ0v) is 12.5. The van der Waals surface area contributed by atoms with Crippen molar-refractivity contribution in [1.29, 1.82) is 0 Å². The van der Waals surface area contributed by atoms with E-state index in [0.717, 1.165) is 13.1 Å². The Bertz CT molecular complexity index is 428. The Kier molecular flexibility index (Phi) is 6.03. The fourth-order valence-electron chi connectivity index (χ4n) is 2.67. The standard InChI is InChI=1S/C18H26N2/c1-16(2)15-20-13-10-18(11-14-20)19-12-6-9-17-7-4-3-5-8-17/h3-9,18-19H,1,10-15H2,2H3/b9-6+. The molecular weight excluding hydrogens is 244 g/mol. The van der Waals surface area contributed by atoms with Crippen LogP contribution in [0.1, 0.15) is 25.3 Å². The van der Waals surface area contributed by atoms with E-state index >= 15 is 0 Å². The van der Waals surface area contributed by atoms with E-state index in [2.05, 4.69) is 60.1 Å². The molecule has 2 rings (SSSR count). The predicted octanol–water partition coefficient (Wildman–Crippen LogP) is 3.33. The van der Waals surface area contributed by atoms with E-state index < -0.39 is 0 Å². The van der Waals surface area contributed by atoms with E-state index in [1.165, 1.54) is 37.1 Å². The highest BCUT2D eigenvalue weighted by atomic mass is 15.1. The highest BCUT2D eigenvalue weighted by Gasteiger charge is 2.17. The van der Waals surface area contributed by atoms with Crippen molar-refractivity contribution in [3.05, 3.63) is 54.1 Å². The van der Waals surface area contributed by atoms with Gasteiger partial charge in [-0.2, -0.15) is 0 Å². The van der Waals surface area contributed by atoms with Crippen LogP contribution < -0.4 is 5.32 Å². The molecule has 0 amide bonds. The van der Waals surface area contributed by atoms with Gasteiger partial charge >= 0.3 is 0 Å². The highest BCUT2D eigenvalue weighted by molar-refractivity contribution is 5.48. The first kappa shape index (κ1) is 15.0. The van der Waals surface area contributed by atoms with E-state index in [0.29, 0.717) is 6.04 Å². The zero-order chi connectivity index (χ0) is 14.2. The van der Waals surface area contributed by atoms with E-state index in [1.807, 2.05) is 6.07 Å². The van der Waals surface area contributed by atoms with Gasteiger partial charge in [-0.05, 0) is 38.4 Å². The normalized spacial score (nSPS) is 17.6. The Labute approximate surface area is 123 Å². The van der Waals surface area contributed by atoms with Gasteiger partial charge in [0.1, 0.15) is 0 Å². The van der Waals surface area contributed by atoms with Crippen LogP contribution in [-0.4, -0.2) is 37.1 Å². The Balaban J connectivity index is 1.64. The molecule has 0 spiro atoms. The molecule has 1 heterocycles. The first-order valence-corrected chi connectivity index (χ1v) is 7.56. The van der Waals surface area contributed by atoms with Gasteiger partial charge < -0.3 is 5.32 Å². The third kappa shape index (κ3) is 5.32. The van der Waals surface area contributed by atoms with Gasteiger partial charge in [-0.15, -0.1) is 0 Å². The number of likely N-dealkylation sites (tertiary alicyclic amines) is 1. The minimum atomic E-state index is 0.664. The summed E-state index contributed by atoms with van der Waals surface area (Å²) >= 11 is 0. The third-order valence-electron chi connectivity index (χ3n) is 3.72. The molecule has 0 bridgehead atoms. The van der Waals surface area contributed by atoms with Crippen LogP contribution in [0.25, 0.3) is 6.08 Å². The Morgan fingerprint density at radius 3 is 2.65 bits per heavy atom. The topological polar surface area (TPSA) is 15.3 Å². The minimum Gasteiger partial charge on any atom is -0.310 e. The Morgan fingerprint density at radius 1 is 1.30 bits per heavy atom. The molecule has 0 radical (unpaired) electrons. The van der Waals surface area contributed by atoms with Gasteiger partial charge in [0.15, 0.2) is 0 Å². The summed E-state index contributed by atoms with van der Waals surface area (Å²) in [6.45, 7) is 10.5. The molecule has 1 aromatic carbocycles. The summed E-state index contributed by atoms with van der Waals surface area (Å²) in [5, 5.41) is 3.63. The van der Waals surface area contributed by atoms with Crippen molar-refractivity contribution >= 4 is 6.08 Å². The van der Waals surface area contributed by atoms with Crippen LogP contribution in [0.4, 0.5) is 0 Å². The monoisotopic (exact) mass is 270 g/mol. The Hall–Kier alpha value is -1.38. The molecule has 108 valence electrons. The smallest absolute Gasteiger partial charge is 0.0187 e. The predicted molar refractivity (Wildman–Crippen MR) is 87.8 cm³/mol. The van der Waals surface area contributed by atoms with Crippen molar-refractivity contribution < 1.29 is 0 Å². The second-order valence-corrected chi connectivity index (χ2v) is 5.73. The summed E-state index contributed by atoms with van der Waals surface area (Å²) in [7, 11) is 0. The number of hydrogen-bond donors (Lipinski definition) is 1. The molecule has 0 saturated carbocycles. The molecule has 0 aliphatic carbocycles. The van der Waals surface area contributed by atoms with Gasteiger partial charge in [0.2, 0.25) is 0 Å². The molecule has 1 aromatic rings. The summed E-state index contributed by atoms with van der Waals surface area (Å²) in [6.07, 6.45) is 6.89. The molecule has 20 heavy (non-hydrogen) atoms. The van der Waals surface area contributed by atoms with Gasteiger partial charge in [0, 0.05) is 19.1 Å². The van der Waals surface area contributed by atoms with Crippen LogP contribution in [0.15, 0.2) is 48.6 Å². The summed E-state index contributed by atoms with van der Waals surface area (Å²) < 4.78 is 0. The average molecular weight is 270 g/mol. The fourth-order valence-corrected chi connectivity index (χ4v) is 2.67. The number of rotatable bonds is 6. The maximum atomic E-state index is 3.99. The minimum absolute atomic E-state index is 0.664. The molecule has 1 aliphatic rings. The second kappa shape index (κ2) is 8.03. The summed E-state index contributed by atoms with van der Waals surface area (Å²) in [5.74, 6) is 0. The van der Waals surface area contributed by atoms with Gasteiger partial charge in [-0.3, -0.25) is 4.90 Å². The molecule has 0 unspecified atom stereocenters. The number of hydrogen-bond acceptors (Lipinski definition) is 2. The maximum absolute atomic E-state index is 3.99. The molecule has 1 aliphatic heterocycles. The molecule has 0 atom stereocenters. The summed E-state index contributed by atoms with van der Waals surface area (Å²) in [4.78, 5) is 2.50. The van der Waals surface area contributed by atoms with Gasteiger partial charge in [-0.25, -0.2) is 0 Å². The lowest BCUT2D eigenvalue weighted by Crippen LogP contribution is -2.42. The first-order valence-electron chi connectivity index (χ1n) is 7.56. The van der Waals surface area contributed by atoms with Crippen molar-refractivity contribution in [3.8, 4) is 0 Å². The van der Waals surface area contributed by atoms with Crippen LogP contribution in [-0.2, 0) is 0 Å². The van der Waals surface area contributed by atoms with Crippen molar-refractivity contribution in [3.63, 3.8) is 0 Å². The molecular formula is C18H26N2. The lowest BCUT2D eigenvalue weighted by atomic mass is 10.0. The van der Waals surface area contributed by atoms with Gasteiger partial charge in [0.05, 0.1) is 0 Å². The average Bonchev–Trinajstić information content (AvgIpc) is 2.46. The van der Waals surface area contributed by atoms with Crippen LogP contribution >= 0.6 is 0 Å².